The van der Waals surface area contributed by atoms with Crippen LogP contribution in [0.1, 0.15) is 29.3 Å². The van der Waals surface area contributed by atoms with Gasteiger partial charge in [-0.15, -0.1) is 0 Å². The third-order valence-electron chi connectivity index (χ3n) is 4.81. The third-order valence-corrected chi connectivity index (χ3v) is 4.81. The summed E-state index contributed by atoms with van der Waals surface area (Å²) in [6.45, 7) is 1.78. The highest BCUT2D eigenvalue weighted by molar-refractivity contribution is 5.83. The van der Waals surface area contributed by atoms with Gasteiger partial charge >= 0.3 is 0 Å². The van der Waals surface area contributed by atoms with Gasteiger partial charge in [0.15, 0.2) is 0 Å². The van der Waals surface area contributed by atoms with E-state index in [4.69, 9.17) is 0 Å². The molecule has 1 N–H and O–H groups in total. The molecule has 0 radical (unpaired) electrons. The van der Waals surface area contributed by atoms with E-state index < -0.39 is 0 Å². The smallest absolute Gasteiger partial charge is 0.275 e. The highest BCUT2D eigenvalue weighted by Crippen LogP contribution is 2.30. The minimum absolute atomic E-state index is 0.0148. The molecule has 0 saturated carbocycles. The highest BCUT2D eigenvalue weighted by atomic mass is 16.2. The first kappa shape index (κ1) is 15.6. The molecule has 1 amide bonds. The van der Waals surface area contributed by atoms with Crippen molar-refractivity contribution < 1.29 is 4.79 Å². The van der Waals surface area contributed by atoms with Crippen molar-refractivity contribution in [3.05, 3.63) is 75.7 Å². The molecule has 0 bridgehead atoms. The average molecular weight is 333 g/mol. The molecule has 126 valence electrons. The molecular formula is C20H19N3O2. The monoisotopic (exact) mass is 333 g/mol. The number of amides is 1. The Labute approximate surface area is 145 Å². The summed E-state index contributed by atoms with van der Waals surface area (Å²) in [5, 5.41) is 8.76. The van der Waals surface area contributed by atoms with Crippen LogP contribution in [0, 0.1) is 6.92 Å². The maximum atomic E-state index is 12.6. The van der Waals surface area contributed by atoms with Gasteiger partial charge in [0, 0.05) is 5.39 Å². The molecule has 0 saturated heterocycles. The molecule has 0 spiro atoms. The minimum atomic E-state index is -0.233. The van der Waals surface area contributed by atoms with E-state index in [0.717, 1.165) is 23.9 Å². The Morgan fingerprint density at radius 1 is 1.16 bits per heavy atom. The van der Waals surface area contributed by atoms with E-state index in [-0.39, 0.29) is 24.1 Å². The van der Waals surface area contributed by atoms with Gasteiger partial charge in [-0.2, -0.15) is 5.10 Å². The van der Waals surface area contributed by atoms with E-state index in [1.807, 2.05) is 37.3 Å². The molecule has 1 aromatic heterocycles. The summed E-state index contributed by atoms with van der Waals surface area (Å²) in [4.78, 5) is 25.0. The molecule has 1 aliphatic carbocycles. The summed E-state index contributed by atoms with van der Waals surface area (Å²) in [6.07, 6.45) is 1.86. The van der Waals surface area contributed by atoms with Crippen LogP contribution in [0.3, 0.4) is 0 Å². The summed E-state index contributed by atoms with van der Waals surface area (Å²) in [5.41, 5.74) is 2.97. The van der Waals surface area contributed by atoms with E-state index in [9.17, 15) is 9.59 Å². The molecule has 0 aliphatic heterocycles. The van der Waals surface area contributed by atoms with Crippen molar-refractivity contribution in [2.24, 2.45) is 0 Å². The lowest BCUT2D eigenvalue weighted by Gasteiger charge is -2.15. The van der Waals surface area contributed by atoms with Crippen LogP contribution in [0.15, 0.2) is 53.3 Å². The van der Waals surface area contributed by atoms with Gasteiger partial charge in [-0.05, 0) is 37.0 Å². The molecule has 1 aliphatic rings. The second-order valence-electron chi connectivity index (χ2n) is 6.45. The molecule has 5 heteroatoms. The predicted molar refractivity (Wildman–Crippen MR) is 96.4 cm³/mol. The third kappa shape index (κ3) is 2.82. The summed E-state index contributed by atoms with van der Waals surface area (Å²) in [7, 11) is 0. The van der Waals surface area contributed by atoms with Gasteiger partial charge in [-0.25, -0.2) is 4.68 Å². The zero-order valence-corrected chi connectivity index (χ0v) is 14.0. The molecule has 0 unspecified atom stereocenters. The molecule has 4 rings (SSSR count). The fourth-order valence-electron chi connectivity index (χ4n) is 3.59. The van der Waals surface area contributed by atoms with E-state index in [1.54, 1.807) is 6.07 Å². The fraction of sp³-hybridized carbons (Fsp3) is 0.250. The molecule has 2 aromatic carbocycles. The van der Waals surface area contributed by atoms with Crippen molar-refractivity contribution in [3.8, 4) is 0 Å². The topological polar surface area (TPSA) is 64.0 Å². The summed E-state index contributed by atoms with van der Waals surface area (Å²) < 4.78 is 1.26. The second kappa shape index (κ2) is 6.16. The molecule has 25 heavy (non-hydrogen) atoms. The second-order valence-corrected chi connectivity index (χ2v) is 6.45. The molecule has 1 atom stereocenters. The van der Waals surface area contributed by atoms with Crippen LogP contribution in [0.4, 0.5) is 0 Å². The first-order valence-corrected chi connectivity index (χ1v) is 8.47. The van der Waals surface area contributed by atoms with E-state index in [1.165, 1.54) is 15.8 Å². The van der Waals surface area contributed by atoms with Crippen LogP contribution in [0.5, 0.6) is 0 Å². The van der Waals surface area contributed by atoms with Crippen molar-refractivity contribution >= 4 is 16.7 Å². The van der Waals surface area contributed by atoms with Crippen LogP contribution in [-0.4, -0.2) is 15.7 Å². The van der Waals surface area contributed by atoms with Crippen LogP contribution >= 0.6 is 0 Å². The first-order chi connectivity index (χ1) is 12.1. The van der Waals surface area contributed by atoms with Gasteiger partial charge < -0.3 is 5.32 Å². The van der Waals surface area contributed by atoms with Gasteiger partial charge in [0.2, 0.25) is 5.91 Å². The van der Waals surface area contributed by atoms with Gasteiger partial charge in [0.05, 0.1) is 17.1 Å². The number of carbonyl (C=O) groups is 1. The Morgan fingerprint density at radius 2 is 1.88 bits per heavy atom. The zero-order valence-electron chi connectivity index (χ0n) is 14.0. The van der Waals surface area contributed by atoms with Crippen molar-refractivity contribution in [2.45, 2.75) is 32.4 Å². The Kier molecular flexibility index (Phi) is 3.84. The zero-order chi connectivity index (χ0) is 17.4. The Balaban J connectivity index is 1.57. The van der Waals surface area contributed by atoms with Crippen LogP contribution in [0.25, 0.3) is 10.8 Å². The number of nitrogens with zero attached hydrogens (tertiary/aromatic N) is 2. The van der Waals surface area contributed by atoms with Crippen LogP contribution in [0.2, 0.25) is 0 Å². The van der Waals surface area contributed by atoms with Crippen LogP contribution < -0.4 is 10.9 Å². The van der Waals surface area contributed by atoms with Crippen molar-refractivity contribution in [1.82, 2.24) is 15.1 Å². The predicted octanol–water partition coefficient (Wildman–Crippen LogP) is 2.51. The normalized spacial score (nSPS) is 16.0. The quantitative estimate of drug-likeness (QED) is 0.801. The Bertz CT molecular complexity index is 1020. The molecule has 5 nitrogen and oxygen atoms in total. The number of aromatic nitrogens is 2. The average Bonchev–Trinajstić information content (AvgIpc) is 3.02. The largest absolute Gasteiger partial charge is 0.348 e. The van der Waals surface area contributed by atoms with Gasteiger partial charge in [-0.3, -0.25) is 9.59 Å². The van der Waals surface area contributed by atoms with Gasteiger partial charge in [0.25, 0.3) is 5.56 Å². The lowest BCUT2D eigenvalue weighted by Crippen LogP contribution is -2.35. The van der Waals surface area contributed by atoms with Crippen molar-refractivity contribution in [1.29, 1.82) is 0 Å². The number of carbonyl (C=O) groups excluding carboxylic acids is 1. The maximum Gasteiger partial charge on any atom is 0.275 e. The number of hydrogen-bond donors (Lipinski definition) is 1. The number of hydrogen-bond acceptors (Lipinski definition) is 3. The van der Waals surface area contributed by atoms with Gasteiger partial charge in [0.1, 0.15) is 6.54 Å². The lowest BCUT2D eigenvalue weighted by molar-refractivity contribution is -0.122. The Morgan fingerprint density at radius 3 is 2.72 bits per heavy atom. The van der Waals surface area contributed by atoms with Crippen LogP contribution in [-0.2, 0) is 17.8 Å². The van der Waals surface area contributed by atoms with Crippen molar-refractivity contribution in [3.63, 3.8) is 0 Å². The number of nitrogens with one attached hydrogen (secondary N) is 1. The minimum Gasteiger partial charge on any atom is -0.348 e. The number of rotatable bonds is 3. The highest BCUT2D eigenvalue weighted by Gasteiger charge is 2.23. The van der Waals surface area contributed by atoms with E-state index >= 15 is 0 Å². The van der Waals surface area contributed by atoms with Gasteiger partial charge in [-0.1, -0.05) is 42.5 Å². The SMILES string of the molecule is Cc1nn(CC(=O)N[C@@H]2CCc3ccccc32)c(=O)c2ccccc12. The number of aryl methyl sites for hydroxylation is 2. The summed E-state index contributed by atoms with van der Waals surface area (Å²) in [5.74, 6) is -0.189. The molecular weight excluding hydrogens is 314 g/mol. The summed E-state index contributed by atoms with van der Waals surface area (Å²) >= 11 is 0. The van der Waals surface area contributed by atoms with E-state index in [2.05, 4.69) is 22.5 Å². The standard InChI is InChI=1S/C20H19N3O2/c1-13-15-7-4-5-9-17(15)20(25)23(22-13)12-19(24)21-18-11-10-14-6-2-3-8-16(14)18/h2-9,18H,10-12H2,1H3,(H,21,24)/t18-/m1/s1. The Hall–Kier alpha value is -2.95. The first-order valence-electron chi connectivity index (χ1n) is 8.47. The summed E-state index contributed by atoms with van der Waals surface area (Å²) in [6, 6.07) is 15.5. The lowest BCUT2D eigenvalue weighted by atomic mass is 10.1. The molecule has 0 fully saturated rings. The molecule has 3 aromatic rings. The van der Waals surface area contributed by atoms with Crippen molar-refractivity contribution in [2.75, 3.05) is 0 Å². The maximum absolute atomic E-state index is 12.6. The molecule has 1 heterocycles. The number of fused-ring (bicyclic) bond motifs is 2. The fourth-order valence-corrected chi connectivity index (χ4v) is 3.59. The number of benzene rings is 2. The van der Waals surface area contributed by atoms with E-state index in [0.29, 0.717) is 5.39 Å².